The van der Waals surface area contributed by atoms with Crippen molar-refractivity contribution in [2.45, 2.75) is 38.6 Å². The van der Waals surface area contributed by atoms with E-state index in [1.54, 1.807) is 0 Å². The summed E-state index contributed by atoms with van der Waals surface area (Å²) in [5.41, 5.74) is 1.52. The average Bonchev–Trinajstić information content (AvgIpc) is 2.58. The van der Waals surface area contributed by atoms with Gasteiger partial charge in [0.25, 0.3) is 0 Å². The molecule has 1 aromatic carbocycles. The van der Waals surface area contributed by atoms with Crippen LogP contribution in [0.15, 0.2) is 24.3 Å². The van der Waals surface area contributed by atoms with Crippen LogP contribution in [0.1, 0.15) is 37.7 Å². The minimum Gasteiger partial charge on any atom is -0.396 e. The zero-order valence-electron chi connectivity index (χ0n) is 14.2. The van der Waals surface area contributed by atoms with Crippen LogP contribution in [-0.4, -0.2) is 53.6 Å². The van der Waals surface area contributed by atoms with Gasteiger partial charge in [-0.3, -0.25) is 9.69 Å². The average molecular weight is 351 g/mol. The molecule has 0 bridgehead atoms. The third kappa shape index (κ3) is 4.29. The summed E-state index contributed by atoms with van der Waals surface area (Å²) in [6.07, 6.45) is 4.72. The van der Waals surface area contributed by atoms with E-state index in [4.69, 9.17) is 16.7 Å². The molecule has 4 nitrogen and oxygen atoms in total. The molecular weight excluding hydrogens is 324 g/mol. The molecule has 0 aromatic heterocycles. The van der Waals surface area contributed by atoms with Crippen molar-refractivity contribution in [3.63, 3.8) is 0 Å². The number of carbonyl (C=O) groups excluding carboxylic acids is 1. The second kappa shape index (κ2) is 7.85. The Morgan fingerprint density at radius 3 is 2.71 bits per heavy atom. The highest BCUT2D eigenvalue weighted by Gasteiger charge is 2.41. The van der Waals surface area contributed by atoms with Crippen LogP contribution >= 0.6 is 11.6 Å². The van der Waals surface area contributed by atoms with Crippen LogP contribution in [0.25, 0.3) is 0 Å². The number of likely N-dealkylation sites (tertiary alicyclic amines) is 2. The lowest BCUT2D eigenvalue weighted by atomic mass is 9.73. The standard InChI is InChI=1S/C19H27ClN2O2/c20-17-5-3-16(4-6-17)13-21-10-1-8-19(14-21)9-7-18(24)22(15-19)11-2-12-23/h3-6,23H,1-2,7-15H2/t19-/m1/s1. The van der Waals surface area contributed by atoms with Crippen molar-refractivity contribution >= 4 is 17.5 Å². The van der Waals surface area contributed by atoms with E-state index in [2.05, 4.69) is 17.0 Å². The lowest BCUT2D eigenvalue weighted by molar-refractivity contribution is -0.139. The summed E-state index contributed by atoms with van der Waals surface area (Å²) < 4.78 is 0. The molecular formula is C19H27ClN2O2. The number of rotatable bonds is 5. The van der Waals surface area contributed by atoms with E-state index in [1.807, 2.05) is 17.0 Å². The molecule has 2 aliphatic rings. The van der Waals surface area contributed by atoms with Gasteiger partial charge in [0.1, 0.15) is 0 Å². The van der Waals surface area contributed by atoms with Crippen LogP contribution in [-0.2, 0) is 11.3 Å². The largest absolute Gasteiger partial charge is 0.396 e. The van der Waals surface area contributed by atoms with Gasteiger partial charge in [-0.25, -0.2) is 0 Å². The van der Waals surface area contributed by atoms with Crippen molar-refractivity contribution in [3.8, 4) is 0 Å². The molecule has 2 saturated heterocycles. The number of aliphatic hydroxyl groups excluding tert-OH is 1. The smallest absolute Gasteiger partial charge is 0.222 e. The minimum absolute atomic E-state index is 0.152. The quantitative estimate of drug-likeness (QED) is 0.888. The SMILES string of the molecule is O=C1CC[C@@]2(CCCN(Cc3ccc(Cl)cc3)C2)CN1CCCO. The van der Waals surface area contributed by atoms with Crippen LogP contribution in [0.4, 0.5) is 0 Å². The van der Waals surface area contributed by atoms with E-state index >= 15 is 0 Å². The molecule has 0 unspecified atom stereocenters. The maximum absolute atomic E-state index is 12.1. The Balaban J connectivity index is 1.63. The number of halogens is 1. The van der Waals surface area contributed by atoms with Gasteiger partial charge in [0.15, 0.2) is 0 Å². The van der Waals surface area contributed by atoms with Gasteiger partial charge in [-0.15, -0.1) is 0 Å². The van der Waals surface area contributed by atoms with E-state index in [0.717, 1.165) is 37.6 Å². The third-order valence-electron chi connectivity index (χ3n) is 5.39. The Morgan fingerprint density at radius 1 is 1.17 bits per heavy atom. The van der Waals surface area contributed by atoms with E-state index in [-0.39, 0.29) is 17.9 Å². The lowest BCUT2D eigenvalue weighted by Gasteiger charge is -2.48. The Hall–Kier alpha value is -1.10. The number of carbonyl (C=O) groups is 1. The first-order valence-electron chi connectivity index (χ1n) is 8.96. The molecule has 2 aliphatic heterocycles. The topological polar surface area (TPSA) is 43.8 Å². The van der Waals surface area contributed by atoms with Gasteiger partial charge in [0.2, 0.25) is 5.91 Å². The fraction of sp³-hybridized carbons (Fsp3) is 0.632. The molecule has 2 heterocycles. The summed E-state index contributed by atoms with van der Waals surface area (Å²) in [7, 11) is 0. The van der Waals surface area contributed by atoms with E-state index in [9.17, 15) is 4.79 Å². The van der Waals surface area contributed by atoms with Crippen LogP contribution in [0.5, 0.6) is 0 Å². The maximum atomic E-state index is 12.1. The summed E-state index contributed by atoms with van der Waals surface area (Å²) >= 11 is 5.97. The second-order valence-corrected chi connectivity index (χ2v) is 7.77. The predicted molar refractivity (Wildman–Crippen MR) is 95.9 cm³/mol. The first-order valence-corrected chi connectivity index (χ1v) is 9.33. The molecule has 5 heteroatoms. The van der Waals surface area contributed by atoms with Gasteiger partial charge in [0.05, 0.1) is 0 Å². The molecule has 2 fully saturated rings. The monoisotopic (exact) mass is 350 g/mol. The zero-order valence-corrected chi connectivity index (χ0v) is 15.0. The summed E-state index contributed by atoms with van der Waals surface area (Å²) in [6, 6.07) is 8.10. The summed E-state index contributed by atoms with van der Waals surface area (Å²) in [5.74, 6) is 0.254. The highest BCUT2D eigenvalue weighted by Crippen LogP contribution is 2.39. The molecule has 1 amide bonds. The molecule has 0 saturated carbocycles. The van der Waals surface area contributed by atoms with Gasteiger partial charge in [0, 0.05) is 49.6 Å². The van der Waals surface area contributed by atoms with Crippen molar-refractivity contribution in [3.05, 3.63) is 34.9 Å². The molecule has 0 radical (unpaired) electrons. The Morgan fingerprint density at radius 2 is 1.96 bits per heavy atom. The lowest BCUT2D eigenvalue weighted by Crippen LogP contribution is -2.54. The molecule has 3 rings (SSSR count). The fourth-order valence-corrected chi connectivity index (χ4v) is 4.32. The van der Waals surface area contributed by atoms with Crippen LogP contribution in [0.3, 0.4) is 0 Å². The minimum atomic E-state index is 0.152. The number of hydrogen-bond donors (Lipinski definition) is 1. The number of piperidine rings is 2. The van der Waals surface area contributed by atoms with Crippen LogP contribution in [0, 0.1) is 5.41 Å². The van der Waals surface area contributed by atoms with Crippen molar-refractivity contribution in [1.29, 1.82) is 0 Å². The zero-order chi connectivity index (χ0) is 17.0. The number of amides is 1. The van der Waals surface area contributed by atoms with Crippen molar-refractivity contribution in [2.75, 3.05) is 32.8 Å². The highest BCUT2D eigenvalue weighted by molar-refractivity contribution is 6.30. The maximum Gasteiger partial charge on any atom is 0.222 e. The van der Waals surface area contributed by atoms with E-state index < -0.39 is 0 Å². The normalized spacial score (nSPS) is 25.4. The fourth-order valence-electron chi connectivity index (χ4n) is 4.19. The molecule has 24 heavy (non-hydrogen) atoms. The Bertz CT molecular complexity index is 563. The van der Waals surface area contributed by atoms with Gasteiger partial charge in [-0.2, -0.15) is 0 Å². The van der Waals surface area contributed by atoms with Gasteiger partial charge in [-0.05, 0) is 49.9 Å². The molecule has 1 aromatic rings. The second-order valence-electron chi connectivity index (χ2n) is 7.33. The van der Waals surface area contributed by atoms with Gasteiger partial charge in [-0.1, -0.05) is 23.7 Å². The summed E-state index contributed by atoms with van der Waals surface area (Å²) in [6.45, 7) is 4.81. The number of nitrogens with zero attached hydrogens (tertiary/aromatic N) is 2. The Kier molecular flexibility index (Phi) is 5.80. The Labute approximate surface area is 149 Å². The first-order chi connectivity index (χ1) is 11.6. The molecule has 1 atom stereocenters. The molecule has 1 N–H and O–H groups in total. The van der Waals surface area contributed by atoms with Crippen LogP contribution < -0.4 is 0 Å². The third-order valence-corrected chi connectivity index (χ3v) is 5.65. The van der Waals surface area contributed by atoms with Crippen molar-refractivity contribution in [2.24, 2.45) is 5.41 Å². The summed E-state index contributed by atoms with van der Waals surface area (Å²) in [5, 5.41) is 9.83. The van der Waals surface area contributed by atoms with Crippen LogP contribution in [0.2, 0.25) is 5.02 Å². The van der Waals surface area contributed by atoms with Gasteiger partial charge >= 0.3 is 0 Å². The summed E-state index contributed by atoms with van der Waals surface area (Å²) in [4.78, 5) is 16.6. The van der Waals surface area contributed by atoms with Crippen molar-refractivity contribution < 1.29 is 9.90 Å². The number of aliphatic hydroxyl groups is 1. The molecule has 132 valence electrons. The molecule has 1 spiro atoms. The van der Waals surface area contributed by atoms with Crippen molar-refractivity contribution in [1.82, 2.24) is 9.80 Å². The highest BCUT2D eigenvalue weighted by atomic mass is 35.5. The first kappa shape index (κ1) is 17.7. The molecule has 0 aliphatic carbocycles. The van der Waals surface area contributed by atoms with E-state index in [1.165, 1.54) is 18.4 Å². The predicted octanol–water partition coefficient (Wildman–Crippen LogP) is 2.93. The number of hydrogen-bond acceptors (Lipinski definition) is 3. The van der Waals surface area contributed by atoms with E-state index in [0.29, 0.717) is 19.4 Å². The number of benzene rings is 1. The van der Waals surface area contributed by atoms with Gasteiger partial charge < -0.3 is 10.0 Å².